The van der Waals surface area contributed by atoms with E-state index < -0.39 is 5.41 Å². The Morgan fingerprint density at radius 3 is 1.93 bits per heavy atom. The van der Waals surface area contributed by atoms with Gasteiger partial charge in [-0.15, -0.1) is 0 Å². The maximum atomic E-state index is 6.88. The van der Waals surface area contributed by atoms with Crippen LogP contribution in [-0.4, -0.2) is 0 Å². The van der Waals surface area contributed by atoms with E-state index in [0.717, 1.165) is 33.3 Å². The fourth-order valence-electron chi connectivity index (χ4n) is 11.0. The van der Waals surface area contributed by atoms with Gasteiger partial charge in [0.25, 0.3) is 0 Å². The molecule has 4 aliphatic carbocycles. The third kappa shape index (κ3) is 3.66. The van der Waals surface area contributed by atoms with Gasteiger partial charge in [0.1, 0.15) is 5.58 Å². The van der Waals surface area contributed by atoms with Crippen molar-refractivity contribution < 1.29 is 4.42 Å². The number of allylic oxidation sites excluding steroid dienone is 4. The van der Waals surface area contributed by atoms with Crippen molar-refractivity contribution in [2.45, 2.75) is 30.6 Å². The fourth-order valence-corrected chi connectivity index (χ4v) is 11.0. The molecule has 0 saturated heterocycles. The molecule has 54 heavy (non-hydrogen) atoms. The van der Waals surface area contributed by atoms with E-state index in [1.165, 1.54) is 61.3 Å². The van der Waals surface area contributed by atoms with Gasteiger partial charge in [-0.2, -0.15) is 0 Å². The molecule has 256 valence electrons. The average molecular weight is 692 g/mol. The average Bonchev–Trinajstić information content (AvgIpc) is 3.91. The molecule has 8 aromatic rings. The van der Waals surface area contributed by atoms with Crippen LogP contribution >= 0.6 is 0 Å². The Hall–Kier alpha value is -6.38. The second-order valence-electron chi connectivity index (χ2n) is 16.0. The number of anilines is 2. The molecular weight excluding hydrogens is 655 g/mol. The maximum Gasteiger partial charge on any atom is 0.159 e. The molecule has 0 N–H and O–H groups in total. The van der Waals surface area contributed by atoms with Crippen molar-refractivity contribution in [3.8, 4) is 22.3 Å². The first kappa shape index (κ1) is 30.1. The van der Waals surface area contributed by atoms with E-state index in [0.29, 0.717) is 0 Å². The largest absolute Gasteiger partial charge is 0.454 e. The summed E-state index contributed by atoms with van der Waals surface area (Å²) in [6.07, 6.45) is 7.15. The Labute approximate surface area is 315 Å². The lowest BCUT2D eigenvalue weighted by atomic mass is 9.64. The van der Waals surface area contributed by atoms with E-state index in [4.69, 9.17) is 4.42 Å². The summed E-state index contributed by atoms with van der Waals surface area (Å²) in [6, 6.07) is 58.8. The predicted molar refractivity (Wildman–Crippen MR) is 222 cm³/mol. The molecule has 1 aromatic heterocycles. The van der Waals surface area contributed by atoms with E-state index in [1.54, 1.807) is 0 Å². The first-order valence-electron chi connectivity index (χ1n) is 19.2. The van der Waals surface area contributed by atoms with Crippen LogP contribution in [0.4, 0.5) is 11.4 Å². The number of fused-ring (bicyclic) bond motifs is 16. The highest BCUT2D eigenvalue weighted by atomic mass is 16.3. The van der Waals surface area contributed by atoms with Gasteiger partial charge in [-0.05, 0) is 86.0 Å². The van der Waals surface area contributed by atoms with Crippen LogP contribution in [0.25, 0.3) is 44.2 Å². The van der Waals surface area contributed by atoms with Crippen molar-refractivity contribution >= 4 is 33.3 Å². The zero-order valence-electron chi connectivity index (χ0n) is 30.3. The van der Waals surface area contributed by atoms with E-state index in [2.05, 4.69) is 195 Å². The standard InChI is InChI=1S/C52H37NO/c1-51(2)41-22-8-3-15-33(41)37-30-29-32(31-45(37)51)53(47-27-14-21-40-38-19-7-12-28-48(38)54-50(40)47)46-26-13-20-39-36-18-6-11-25-44(36)52(49(39)46)42-23-9-4-16-34(42)35-17-5-10-24-43(35)52/h3-31,39,49H,1-2H3. The van der Waals surface area contributed by atoms with Crippen molar-refractivity contribution in [1.82, 2.24) is 0 Å². The number of furan rings is 1. The van der Waals surface area contributed by atoms with E-state index in [1.807, 2.05) is 0 Å². The van der Waals surface area contributed by atoms with Gasteiger partial charge in [-0.25, -0.2) is 0 Å². The van der Waals surface area contributed by atoms with Crippen LogP contribution in [0.15, 0.2) is 186 Å². The molecule has 2 atom stereocenters. The summed E-state index contributed by atoms with van der Waals surface area (Å²) in [4.78, 5) is 2.56. The van der Waals surface area contributed by atoms with Gasteiger partial charge in [0.2, 0.25) is 0 Å². The molecule has 0 bridgehead atoms. The van der Waals surface area contributed by atoms with Crippen LogP contribution in [0.3, 0.4) is 0 Å². The van der Waals surface area contributed by atoms with Crippen molar-refractivity contribution in [1.29, 1.82) is 0 Å². The Morgan fingerprint density at radius 1 is 0.537 bits per heavy atom. The third-order valence-electron chi connectivity index (χ3n) is 13.2. The number of rotatable bonds is 3. The topological polar surface area (TPSA) is 16.4 Å². The quantitative estimate of drug-likeness (QED) is 0.183. The van der Waals surface area contributed by atoms with Crippen molar-refractivity contribution in [3.63, 3.8) is 0 Å². The fraction of sp³-hybridized carbons (Fsp3) is 0.115. The van der Waals surface area contributed by atoms with Crippen LogP contribution in [0.1, 0.15) is 53.1 Å². The van der Waals surface area contributed by atoms with Gasteiger partial charge in [0.05, 0.1) is 11.1 Å². The summed E-state index contributed by atoms with van der Waals surface area (Å²) in [6.45, 7) is 4.75. The minimum absolute atomic E-state index is 0.0720. The Morgan fingerprint density at radius 2 is 1.15 bits per heavy atom. The van der Waals surface area contributed by atoms with Gasteiger partial charge in [0.15, 0.2) is 5.58 Å². The Kier molecular flexibility index (Phi) is 5.92. The maximum absolute atomic E-state index is 6.88. The second kappa shape index (κ2) is 10.6. The van der Waals surface area contributed by atoms with E-state index in [-0.39, 0.29) is 17.3 Å². The first-order chi connectivity index (χ1) is 26.6. The Balaban J connectivity index is 1.17. The minimum atomic E-state index is -0.392. The van der Waals surface area contributed by atoms with Gasteiger partial charge in [0, 0.05) is 39.4 Å². The molecule has 1 spiro atoms. The highest BCUT2D eigenvalue weighted by Gasteiger charge is 2.60. The zero-order valence-corrected chi connectivity index (χ0v) is 30.3. The minimum Gasteiger partial charge on any atom is -0.454 e. The third-order valence-corrected chi connectivity index (χ3v) is 13.2. The van der Waals surface area contributed by atoms with Crippen LogP contribution in [0.2, 0.25) is 0 Å². The normalized spacial score (nSPS) is 18.9. The van der Waals surface area contributed by atoms with Crippen LogP contribution in [0, 0.1) is 5.92 Å². The van der Waals surface area contributed by atoms with Gasteiger partial charge < -0.3 is 9.32 Å². The SMILES string of the molecule is CC1(C)c2ccccc2-c2ccc(N(C3=CC=CC4c5ccccc5C5(c6ccccc6-c6ccccc65)C34)c3cccc4c3oc3ccccc34)cc21. The van der Waals surface area contributed by atoms with Crippen LogP contribution in [-0.2, 0) is 10.8 Å². The number of hydrogen-bond acceptors (Lipinski definition) is 2. The lowest BCUT2D eigenvalue weighted by Gasteiger charge is -2.43. The summed E-state index contributed by atoms with van der Waals surface area (Å²) >= 11 is 0. The highest BCUT2D eigenvalue weighted by Crippen LogP contribution is 2.67. The highest BCUT2D eigenvalue weighted by molar-refractivity contribution is 6.10. The second-order valence-corrected chi connectivity index (χ2v) is 16.0. The number of nitrogens with zero attached hydrogens (tertiary/aromatic N) is 1. The summed E-state index contributed by atoms with van der Waals surface area (Å²) in [5.74, 6) is 0.246. The summed E-state index contributed by atoms with van der Waals surface area (Å²) in [5.41, 5.74) is 18.4. The molecular formula is C52H37NO. The molecule has 4 aliphatic rings. The molecule has 0 amide bonds. The van der Waals surface area contributed by atoms with Gasteiger partial charge in [-0.1, -0.05) is 159 Å². The van der Waals surface area contributed by atoms with Crippen LogP contribution < -0.4 is 4.90 Å². The summed E-state index contributed by atoms with van der Waals surface area (Å²) < 4.78 is 6.88. The van der Waals surface area contributed by atoms with Crippen molar-refractivity contribution in [2.75, 3.05) is 4.90 Å². The molecule has 0 saturated carbocycles. The molecule has 0 radical (unpaired) electrons. The molecule has 0 fully saturated rings. The number of benzene rings is 7. The Bertz CT molecular complexity index is 2910. The molecule has 12 rings (SSSR count). The molecule has 7 aromatic carbocycles. The number of para-hydroxylation sites is 2. The van der Waals surface area contributed by atoms with E-state index in [9.17, 15) is 0 Å². The molecule has 2 nitrogen and oxygen atoms in total. The van der Waals surface area contributed by atoms with Crippen LogP contribution in [0.5, 0.6) is 0 Å². The molecule has 1 heterocycles. The molecule has 2 unspecified atom stereocenters. The summed E-state index contributed by atoms with van der Waals surface area (Å²) in [5, 5.41) is 2.27. The summed E-state index contributed by atoms with van der Waals surface area (Å²) in [7, 11) is 0. The lowest BCUT2D eigenvalue weighted by molar-refractivity contribution is 0.435. The molecule has 2 heteroatoms. The zero-order chi connectivity index (χ0) is 35.8. The van der Waals surface area contributed by atoms with E-state index >= 15 is 0 Å². The monoisotopic (exact) mass is 691 g/mol. The van der Waals surface area contributed by atoms with Crippen molar-refractivity contribution in [3.05, 3.63) is 215 Å². The molecule has 0 aliphatic heterocycles. The predicted octanol–water partition coefficient (Wildman–Crippen LogP) is 13.2. The first-order valence-corrected chi connectivity index (χ1v) is 19.2. The number of hydrogen-bond donors (Lipinski definition) is 0. The van der Waals surface area contributed by atoms with Gasteiger partial charge >= 0.3 is 0 Å². The lowest BCUT2D eigenvalue weighted by Crippen LogP contribution is -2.39. The van der Waals surface area contributed by atoms with Crippen molar-refractivity contribution in [2.24, 2.45) is 5.92 Å². The van der Waals surface area contributed by atoms with Gasteiger partial charge in [-0.3, -0.25) is 0 Å². The smallest absolute Gasteiger partial charge is 0.159 e.